The van der Waals surface area contributed by atoms with Gasteiger partial charge >= 0.3 is 0 Å². The minimum atomic E-state index is -0.114. The SMILES string of the molecule is O=C1/C(=C/c2cccc(Br)c2)SC(=S)N1c1ccc(Cl)cc1. The first-order chi connectivity index (χ1) is 10.5. The first kappa shape index (κ1) is 15.7. The zero-order chi connectivity index (χ0) is 15.7. The molecule has 1 aliphatic heterocycles. The molecule has 0 spiro atoms. The summed E-state index contributed by atoms with van der Waals surface area (Å²) in [7, 11) is 0. The number of carbonyl (C=O) groups is 1. The van der Waals surface area contributed by atoms with Crippen LogP contribution in [0.4, 0.5) is 5.69 Å². The largest absolute Gasteiger partial charge is 0.270 e. The lowest BCUT2D eigenvalue weighted by Gasteiger charge is -2.14. The minimum Gasteiger partial charge on any atom is -0.268 e. The molecule has 0 N–H and O–H groups in total. The standard InChI is InChI=1S/C16H9BrClNOS2/c17-11-3-1-2-10(8-11)9-14-15(20)19(16(21)22-14)13-6-4-12(18)5-7-13/h1-9H/b14-9-. The Morgan fingerprint density at radius 3 is 2.59 bits per heavy atom. The Morgan fingerprint density at radius 2 is 1.91 bits per heavy atom. The van der Waals surface area contributed by atoms with Gasteiger partial charge in [0, 0.05) is 9.50 Å². The molecule has 0 atom stereocenters. The van der Waals surface area contributed by atoms with E-state index in [1.165, 1.54) is 16.7 Å². The molecule has 22 heavy (non-hydrogen) atoms. The average molecular weight is 411 g/mol. The van der Waals surface area contributed by atoms with Gasteiger partial charge in [-0.15, -0.1) is 0 Å². The maximum atomic E-state index is 12.6. The van der Waals surface area contributed by atoms with Crippen LogP contribution in [-0.2, 0) is 4.79 Å². The molecular weight excluding hydrogens is 402 g/mol. The first-order valence-electron chi connectivity index (χ1n) is 6.34. The molecule has 1 fully saturated rings. The first-order valence-corrected chi connectivity index (χ1v) is 8.73. The van der Waals surface area contributed by atoms with Crippen LogP contribution < -0.4 is 4.90 Å². The molecule has 110 valence electrons. The highest BCUT2D eigenvalue weighted by atomic mass is 79.9. The van der Waals surface area contributed by atoms with E-state index in [0.717, 1.165) is 15.7 Å². The summed E-state index contributed by atoms with van der Waals surface area (Å²) in [5, 5.41) is 0.624. The van der Waals surface area contributed by atoms with Gasteiger partial charge in [0.25, 0.3) is 5.91 Å². The summed E-state index contributed by atoms with van der Waals surface area (Å²) in [6, 6.07) is 14.8. The third kappa shape index (κ3) is 3.27. The van der Waals surface area contributed by atoms with Gasteiger partial charge < -0.3 is 0 Å². The average Bonchev–Trinajstić information content (AvgIpc) is 2.75. The number of hydrogen-bond acceptors (Lipinski definition) is 3. The summed E-state index contributed by atoms with van der Waals surface area (Å²) in [6.45, 7) is 0. The Morgan fingerprint density at radius 1 is 1.18 bits per heavy atom. The lowest BCUT2D eigenvalue weighted by molar-refractivity contribution is -0.113. The van der Waals surface area contributed by atoms with E-state index >= 15 is 0 Å². The molecule has 0 aromatic heterocycles. The summed E-state index contributed by atoms with van der Waals surface area (Å²) < 4.78 is 1.49. The van der Waals surface area contributed by atoms with Crippen LogP contribution in [0.15, 0.2) is 57.9 Å². The van der Waals surface area contributed by atoms with Gasteiger partial charge in [0.1, 0.15) is 0 Å². The van der Waals surface area contributed by atoms with Crippen LogP contribution in [0, 0.1) is 0 Å². The molecule has 1 heterocycles. The minimum absolute atomic E-state index is 0.114. The van der Waals surface area contributed by atoms with Crippen molar-refractivity contribution in [3.05, 3.63) is 68.5 Å². The van der Waals surface area contributed by atoms with Crippen LogP contribution in [0.25, 0.3) is 6.08 Å². The maximum Gasteiger partial charge on any atom is 0.270 e. The Balaban J connectivity index is 1.93. The van der Waals surface area contributed by atoms with E-state index in [1.54, 1.807) is 24.3 Å². The number of thioether (sulfide) groups is 1. The van der Waals surface area contributed by atoms with Crippen LogP contribution in [0.1, 0.15) is 5.56 Å². The van der Waals surface area contributed by atoms with Crippen molar-refractivity contribution in [3.63, 3.8) is 0 Å². The maximum absolute atomic E-state index is 12.6. The highest BCUT2D eigenvalue weighted by Gasteiger charge is 2.33. The Hall–Kier alpha value is -1.14. The molecule has 0 saturated carbocycles. The van der Waals surface area contributed by atoms with Crippen molar-refractivity contribution in [3.8, 4) is 0 Å². The van der Waals surface area contributed by atoms with Crippen molar-refractivity contribution in [2.24, 2.45) is 0 Å². The van der Waals surface area contributed by atoms with Crippen molar-refractivity contribution >= 4 is 73.5 Å². The molecule has 2 aromatic carbocycles. The number of benzene rings is 2. The summed E-state index contributed by atoms with van der Waals surface area (Å²) in [5.41, 5.74) is 1.68. The molecule has 0 aliphatic carbocycles. The number of amides is 1. The van der Waals surface area contributed by atoms with Crippen molar-refractivity contribution in [1.29, 1.82) is 0 Å². The van der Waals surface area contributed by atoms with E-state index in [0.29, 0.717) is 14.2 Å². The molecule has 0 bridgehead atoms. The summed E-state index contributed by atoms with van der Waals surface area (Å²) in [4.78, 5) is 14.7. The third-order valence-corrected chi connectivity index (χ3v) is 5.07. The molecule has 1 aliphatic rings. The summed E-state index contributed by atoms with van der Waals surface area (Å²) in [6.07, 6.45) is 1.85. The highest BCUT2D eigenvalue weighted by molar-refractivity contribution is 9.10. The molecular formula is C16H9BrClNOS2. The van der Waals surface area contributed by atoms with Crippen LogP contribution >= 0.6 is 51.5 Å². The van der Waals surface area contributed by atoms with E-state index in [1.807, 2.05) is 30.3 Å². The fourth-order valence-electron chi connectivity index (χ4n) is 2.03. The van der Waals surface area contributed by atoms with Crippen molar-refractivity contribution in [2.75, 3.05) is 4.90 Å². The molecule has 6 heteroatoms. The number of nitrogens with zero attached hydrogens (tertiary/aromatic N) is 1. The fourth-order valence-corrected chi connectivity index (χ4v) is 3.87. The fraction of sp³-hybridized carbons (Fsp3) is 0. The van der Waals surface area contributed by atoms with Crippen molar-refractivity contribution < 1.29 is 4.79 Å². The summed E-state index contributed by atoms with van der Waals surface area (Å²) >= 11 is 15.9. The number of hydrogen-bond donors (Lipinski definition) is 0. The van der Waals surface area contributed by atoms with E-state index in [2.05, 4.69) is 15.9 Å². The molecule has 0 radical (unpaired) electrons. The van der Waals surface area contributed by atoms with E-state index < -0.39 is 0 Å². The Bertz CT molecular complexity index is 789. The molecule has 2 aromatic rings. The number of thiocarbonyl (C=S) groups is 1. The van der Waals surface area contributed by atoms with Crippen LogP contribution in [-0.4, -0.2) is 10.2 Å². The quantitative estimate of drug-likeness (QED) is 0.481. The lowest BCUT2D eigenvalue weighted by Crippen LogP contribution is -2.27. The molecule has 2 nitrogen and oxygen atoms in total. The van der Waals surface area contributed by atoms with Gasteiger partial charge in [-0.2, -0.15) is 0 Å². The smallest absolute Gasteiger partial charge is 0.268 e. The predicted molar refractivity (Wildman–Crippen MR) is 101 cm³/mol. The van der Waals surface area contributed by atoms with Gasteiger partial charge in [-0.3, -0.25) is 9.69 Å². The zero-order valence-corrected chi connectivity index (χ0v) is 15.1. The molecule has 3 rings (SSSR count). The van der Waals surface area contributed by atoms with Crippen molar-refractivity contribution in [1.82, 2.24) is 0 Å². The van der Waals surface area contributed by atoms with Crippen LogP contribution in [0.5, 0.6) is 0 Å². The van der Waals surface area contributed by atoms with Gasteiger partial charge in [0.2, 0.25) is 0 Å². The molecule has 1 saturated heterocycles. The highest BCUT2D eigenvalue weighted by Crippen LogP contribution is 2.36. The van der Waals surface area contributed by atoms with Crippen LogP contribution in [0.3, 0.4) is 0 Å². The molecule has 0 unspecified atom stereocenters. The second-order valence-electron chi connectivity index (χ2n) is 4.55. The number of rotatable bonds is 2. The van der Waals surface area contributed by atoms with Crippen molar-refractivity contribution in [2.45, 2.75) is 0 Å². The van der Waals surface area contributed by atoms with Gasteiger partial charge in [0.15, 0.2) is 4.32 Å². The van der Waals surface area contributed by atoms with E-state index in [-0.39, 0.29) is 5.91 Å². The third-order valence-electron chi connectivity index (χ3n) is 3.02. The Labute approximate surface area is 151 Å². The van der Waals surface area contributed by atoms with Gasteiger partial charge in [0.05, 0.1) is 10.6 Å². The monoisotopic (exact) mass is 409 g/mol. The summed E-state index contributed by atoms with van der Waals surface area (Å²) in [5.74, 6) is -0.114. The second-order valence-corrected chi connectivity index (χ2v) is 7.58. The van der Waals surface area contributed by atoms with Crippen LogP contribution in [0.2, 0.25) is 5.02 Å². The van der Waals surface area contributed by atoms with Gasteiger partial charge in [-0.1, -0.05) is 63.6 Å². The zero-order valence-electron chi connectivity index (χ0n) is 11.1. The predicted octanol–water partition coefficient (Wildman–Crippen LogP) is 5.51. The Kier molecular flexibility index (Phi) is 4.68. The molecule has 1 amide bonds. The number of carbonyl (C=O) groups excluding carboxylic acids is 1. The second kappa shape index (κ2) is 6.54. The van der Waals surface area contributed by atoms with Gasteiger partial charge in [-0.25, -0.2) is 0 Å². The number of halogens is 2. The normalized spacial score (nSPS) is 16.6. The van der Waals surface area contributed by atoms with Gasteiger partial charge in [-0.05, 0) is 48.0 Å². The lowest BCUT2D eigenvalue weighted by atomic mass is 10.2. The van der Waals surface area contributed by atoms with E-state index in [9.17, 15) is 4.79 Å². The topological polar surface area (TPSA) is 20.3 Å². The van der Waals surface area contributed by atoms with E-state index in [4.69, 9.17) is 23.8 Å². The number of anilines is 1.